The zero-order valence-electron chi connectivity index (χ0n) is 11.2. The number of carbonyl (C=O) groups excluding carboxylic acids is 2. The Bertz CT molecular complexity index is 671. The van der Waals surface area contributed by atoms with Crippen LogP contribution in [0.3, 0.4) is 0 Å². The van der Waals surface area contributed by atoms with Crippen molar-refractivity contribution in [2.45, 2.75) is 18.9 Å². The number of pyridine rings is 1. The van der Waals surface area contributed by atoms with Crippen molar-refractivity contribution in [2.24, 2.45) is 5.73 Å². The molecule has 1 aliphatic rings. The third-order valence-electron chi connectivity index (χ3n) is 3.47. The molecular weight excluding hydrogens is 288 g/mol. The summed E-state index contributed by atoms with van der Waals surface area (Å²) in [5.41, 5.74) is 5.82. The maximum Gasteiger partial charge on any atom is 0.260 e. The van der Waals surface area contributed by atoms with Gasteiger partial charge in [0.2, 0.25) is 0 Å². The highest BCUT2D eigenvalue weighted by Gasteiger charge is 2.32. The summed E-state index contributed by atoms with van der Waals surface area (Å²) in [6.45, 7) is 0.684. The fourth-order valence-electron chi connectivity index (χ4n) is 2.48. The molecule has 3 rings (SSSR count). The molecule has 6 nitrogen and oxygen atoms in total. The second-order valence-corrected chi connectivity index (χ2v) is 5.89. The molecule has 2 aromatic heterocycles. The second kappa shape index (κ2) is 5.61. The van der Waals surface area contributed by atoms with Gasteiger partial charge in [-0.05, 0) is 25.0 Å². The molecule has 1 saturated heterocycles. The van der Waals surface area contributed by atoms with Crippen LogP contribution in [0.1, 0.15) is 43.9 Å². The van der Waals surface area contributed by atoms with Gasteiger partial charge < -0.3 is 10.6 Å². The summed E-state index contributed by atoms with van der Waals surface area (Å²) in [6, 6.07) is 3.41. The lowest BCUT2D eigenvalue weighted by molar-refractivity contribution is 0.0735. The normalized spacial score (nSPS) is 17.9. The van der Waals surface area contributed by atoms with Crippen molar-refractivity contribution in [2.75, 3.05) is 6.54 Å². The molecule has 108 valence electrons. The summed E-state index contributed by atoms with van der Waals surface area (Å²) in [5, 5.41) is 0.763. The van der Waals surface area contributed by atoms with E-state index in [0.717, 1.165) is 17.8 Å². The van der Waals surface area contributed by atoms with E-state index in [2.05, 4.69) is 9.97 Å². The first-order valence-electron chi connectivity index (χ1n) is 6.63. The number of amides is 2. The minimum absolute atomic E-state index is 0.0542. The molecule has 1 atom stereocenters. The predicted octanol–water partition coefficient (Wildman–Crippen LogP) is 1.61. The van der Waals surface area contributed by atoms with Crippen LogP contribution < -0.4 is 5.73 Å². The van der Waals surface area contributed by atoms with E-state index in [1.54, 1.807) is 29.4 Å². The Morgan fingerprint density at radius 2 is 2.24 bits per heavy atom. The maximum atomic E-state index is 12.5. The SMILES string of the molecule is NC(=O)c1cnc([C@@H]2CCCN2C(=O)c2cccnc2)s1. The predicted molar refractivity (Wildman–Crippen MR) is 77.9 cm³/mol. The highest BCUT2D eigenvalue weighted by atomic mass is 32.1. The molecule has 1 fully saturated rings. The molecule has 0 spiro atoms. The number of nitrogens with two attached hydrogens (primary N) is 1. The van der Waals surface area contributed by atoms with Gasteiger partial charge >= 0.3 is 0 Å². The highest BCUT2D eigenvalue weighted by Crippen LogP contribution is 2.35. The largest absolute Gasteiger partial charge is 0.365 e. The average Bonchev–Trinajstić information content (AvgIpc) is 3.16. The van der Waals surface area contributed by atoms with Gasteiger partial charge in [-0.2, -0.15) is 0 Å². The number of nitrogens with zero attached hydrogens (tertiary/aromatic N) is 3. The summed E-state index contributed by atoms with van der Waals surface area (Å²) in [4.78, 5) is 34.2. The van der Waals surface area contributed by atoms with Crippen molar-refractivity contribution in [3.8, 4) is 0 Å². The third kappa shape index (κ3) is 2.64. The first-order chi connectivity index (χ1) is 10.2. The summed E-state index contributed by atoms with van der Waals surface area (Å²) < 4.78 is 0. The van der Waals surface area contributed by atoms with Crippen LogP contribution in [0, 0.1) is 0 Å². The minimum Gasteiger partial charge on any atom is -0.365 e. The summed E-state index contributed by atoms with van der Waals surface area (Å²) in [5.74, 6) is -0.539. The van der Waals surface area contributed by atoms with Gasteiger partial charge in [0.15, 0.2) is 0 Å². The highest BCUT2D eigenvalue weighted by molar-refractivity contribution is 7.13. The van der Waals surface area contributed by atoms with Crippen LogP contribution in [0.5, 0.6) is 0 Å². The quantitative estimate of drug-likeness (QED) is 0.933. The van der Waals surface area contributed by atoms with Gasteiger partial charge in [0.05, 0.1) is 17.8 Å². The fourth-order valence-corrected chi connectivity index (χ4v) is 3.40. The lowest BCUT2D eigenvalue weighted by Gasteiger charge is -2.22. The lowest BCUT2D eigenvalue weighted by Crippen LogP contribution is -2.30. The molecule has 7 heteroatoms. The molecule has 2 N–H and O–H groups in total. The fraction of sp³-hybridized carbons (Fsp3) is 0.286. The van der Waals surface area contributed by atoms with Crippen LogP contribution >= 0.6 is 11.3 Å². The Labute approximate surface area is 125 Å². The van der Waals surface area contributed by atoms with Crippen molar-refractivity contribution >= 4 is 23.2 Å². The van der Waals surface area contributed by atoms with Crippen LogP contribution in [-0.4, -0.2) is 33.2 Å². The van der Waals surface area contributed by atoms with Crippen molar-refractivity contribution in [3.05, 3.63) is 46.2 Å². The molecule has 1 aliphatic heterocycles. The van der Waals surface area contributed by atoms with Crippen LogP contribution in [0.25, 0.3) is 0 Å². The molecule has 2 amide bonds. The number of rotatable bonds is 3. The summed E-state index contributed by atoms with van der Waals surface area (Å²) in [6.07, 6.45) is 6.44. The second-order valence-electron chi connectivity index (χ2n) is 4.83. The molecule has 0 radical (unpaired) electrons. The maximum absolute atomic E-state index is 12.5. The lowest BCUT2D eigenvalue weighted by atomic mass is 10.2. The average molecular weight is 302 g/mol. The number of thiazole rings is 1. The van der Waals surface area contributed by atoms with Gasteiger partial charge in [-0.3, -0.25) is 14.6 Å². The first-order valence-corrected chi connectivity index (χ1v) is 7.45. The monoisotopic (exact) mass is 302 g/mol. The Morgan fingerprint density at radius 1 is 1.38 bits per heavy atom. The van der Waals surface area contributed by atoms with Crippen LogP contribution in [0.15, 0.2) is 30.7 Å². The molecule has 0 bridgehead atoms. The molecule has 0 aromatic carbocycles. The van der Waals surface area contributed by atoms with E-state index >= 15 is 0 Å². The van der Waals surface area contributed by atoms with Crippen LogP contribution in [-0.2, 0) is 0 Å². The Hall–Kier alpha value is -2.28. The van der Waals surface area contributed by atoms with Crippen LogP contribution in [0.2, 0.25) is 0 Å². The molecule has 0 saturated carbocycles. The molecule has 2 aromatic rings. The van der Waals surface area contributed by atoms with Crippen molar-refractivity contribution < 1.29 is 9.59 Å². The molecule has 0 unspecified atom stereocenters. The molecule has 0 aliphatic carbocycles. The van der Waals surface area contributed by atoms with Gasteiger partial charge in [-0.1, -0.05) is 0 Å². The molecular formula is C14H14N4O2S. The zero-order valence-corrected chi connectivity index (χ0v) is 12.0. The van der Waals surface area contributed by atoms with E-state index in [1.165, 1.54) is 17.5 Å². The number of likely N-dealkylation sites (tertiary alicyclic amines) is 1. The van der Waals surface area contributed by atoms with Gasteiger partial charge in [0, 0.05) is 18.9 Å². The third-order valence-corrected chi connectivity index (χ3v) is 4.59. The van der Waals surface area contributed by atoms with E-state index < -0.39 is 5.91 Å². The number of carbonyl (C=O) groups is 2. The summed E-state index contributed by atoms with van der Waals surface area (Å²) >= 11 is 1.26. The van der Waals surface area contributed by atoms with E-state index in [4.69, 9.17) is 5.73 Å². The Balaban J connectivity index is 1.85. The van der Waals surface area contributed by atoms with E-state index in [0.29, 0.717) is 17.0 Å². The molecule has 3 heterocycles. The smallest absolute Gasteiger partial charge is 0.260 e. The molecule has 21 heavy (non-hydrogen) atoms. The van der Waals surface area contributed by atoms with Crippen molar-refractivity contribution in [1.29, 1.82) is 0 Å². The Morgan fingerprint density at radius 3 is 2.90 bits per heavy atom. The Kier molecular flexibility index (Phi) is 3.66. The number of hydrogen-bond acceptors (Lipinski definition) is 5. The first kappa shape index (κ1) is 13.7. The standard InChI is InChI=1S/C14H14N4O2S/c15-12(19)11-8-17-13(21-11)10-4-2-6-18(10)14(20)9-3-1-5-16-7-9/h1,3,5,7-8,10H,2,4,6H2,(H2,15,19)/t10-/m0/s1. The van der Waals surface area contributed by atoms with Crippen molar-refractivity contribution in [1.82, 2.24) is 14.9 Å². The van der Waals surface area contributed by atoms with Crippen LogP contribution in [0.4, 0.5) is 0 Å². The number of hydrogen-bond donors (Lipinski definition) is 1. The van der Waals surface area contributed by atoms with E-state index in [9.17, 15) is 9.59 Å². The van der Waals surface area contributed by atoms with Gasteiger partial charge in [-0.25, -0.2) is 4.98 Å². The van der Waals surface area contributed by atoms with Gasteiger partial charge in [0.25, 0.3) is 11.8 Å². The van der Waals surface area contributed by atoms with E-state index in [-0.39, 0.29) is 11.9 Å². The van der Waals surface area contributed by atoms with Gasteiger partial charge in [0.1, 0.15) is 9.88 Å². The number of primary amides is 1. The zero-order chi connectivity index (χ0) is 14.8. The minimum atomic E-state index is -0.484. The van der Waals surface area contributed by atoms with Crippen molar-refractivity contribution in [3.63, 3.8) is 0 Å². The summed E-state index contributed by atoms with van der Waals surface area (Å²) in [7, 11) is 0. The van der Waals surface area contributed by atoms with E-state index in [1.807, 2.05) is 0 Å². The number of aromatic nitrogens is 2. The topological polar surface area (TPSA) is 89.2 Å². The van der Waals surface area contributed by atoms with Gasteiger partial charge in [-0.15, -0.1) is 11.3 Å².